The number of sulfonamides is 1. The summed E-state index contributed by atoms with van der Waals surface area (Å²) in [6.07, 6.45) is 0. The fraction of sp³-hybridized carbons (Fsp3) is 0.278. The van der Waals surface area contributed by atoms with Crippen molar-refractivity contribution in [1.82, 2.24) is 9.21 Å². The Hall–Kier alpha value is -2.16. The number of hydrogen-bond acceptors (Lipinski definition) is 4. The number of carbonyl (C=O) groups excluding carboxylic acids is 1. The molecule has 0 saturated carbocycles. The molecule has 0 N–H and O–H groups in total. The van der Waals surface area contributed by atoms with Crippen LogP contribution in [0.5, 0.6) is 5.75 Å². The number of nitrogens with zero attached hydrogens (tertiary/aromatic N) is 2. The summed E-state index contributed by atoms with van der Waals surface area (Å²) in [7, 11) is 1.98. The van der Waals surface area contributed by atoms with Gasteiger partial charge in [0.15, 0.2) is 11.6 Å². The number of benzene rings is 2. The first-order valence-electron chi connectivity index (χ1n) is 7.88. The summed E-state index contributed by atoms with van der Waals surface area (Å²) in [6.45, 7) is 0.112. The maximum absolute atomic E-state index is 13.8. The summed E-state index contributed by atoms with van der Waals surface area (Å²) >= 11 is 6.10. The van der Waals surface area contributed by atoms with Gasteiger partial charge in [0.05, 0.1) is 22.6 Å². The number of rotatable bonds is 6. The van der Waals surface area contributed by atoms with Crippen LogP contribution in [0.4, 0.5) is 4.39 Å². The number of hydrogen-bond donors (Lipinski definition) is 0. The fourth-order valence-corrected chi connectivity index (χ4v) is 3.53. The van der Waals surface area contributed by atoms with Gasteiger partial charge < -0.3 is 9.64 Å². The molecule has 0 aliphatic carbocycles. The van der Waals surface area contributed by atoms with E-state index in [4.69, 9.17) is 16.3 Å². The molecule has 2 aromatic rings. The Morgan fingerprint density at radius 1 is 1.15 bits per heavy atom. The smallest absolute Gasteiger partial charge is 0.255 e. The van der Waals surface area contributed by atoms with Crippen LogP contribution in [0.25, 0.3) is 0 Å². The van der Waals surface area contributed by atoms with E-state index in [9.17, 15) is 17.6 Å². The Morgan fingerprint density at radius 3 is 2.37 bits per heavy atom. The third kappa shape index (κ3) is 4.58. The average molecular weight is 415 g/mol. The molecule has 146 valence electrons. The van der Waals surface area contributed by atoms with Gasteiger partial charge in [-0.05, 0) is 35.9 Å². The zero-order valence-corrected chi connectivity index (χ0v) is 16.9. The van der Waals surface area contributed by atoms with Gasteiger partial charge in [0.1, 0.15) is 0 Å². The van der Waals surface area contributed by atoms with E-state index in [0.717, 1.165) is 4.31 Å². The van der Waals surface area contributed by atoms with E-state index in [0.29, 0.717) is 5.56 Å². The van der Waals surface area contributed by atoms with Crippen molar-refractivity contribution in [1.29, 1.82) is 0 Å². The van der Waals surface area contributed by atoms with Crippen LogP contribution in [0.2, 0.25) is 5.02 Å². The van der Waals surface area contributed by atoms with Crippen LogP contribution in [-0.2, 0) is 16.6 Å². The van der Waals surface area contributed by atoms with Crippen molar-refractivity contribution < 1.29 is 22.3 Å². The van der Waals surface area contributed by atoms with Gasteiger partial charge in [-0.3, -0.25) is 4.79 Å². The van der Waals surface area contributed by atoms with Gasteiger partial charge in [-0.2, -0.15) is 0 Å². The third-order valence-corrected chi connectivity index (χ3v) is 6.07. The maximum atomic E-state index is 13.8. The zero-order chi connectivity index (χ0) is 20.4. The number of methoxy groups -OCH3 is 1. The van der Waals surface area contributed by atoms with Crippen LogP contribution in [0, 0.1) is 5.82 Å². The Balaban J connectivity index is 2.30. The highest BCUT2D eigenvalue weighted by Crippen LogP contribution is 2.24. The maximum Gasteiger partial charge on any atom is 0.255 e. The van der Waals surface area contributed by atoms with Crippen LogP contribution in [0.15, 0.2) is 41.3 Å². The van der Waals surface area contributed by atoms with Crippen molar-refractivity contribution in [2.24, 2.45) is 0 Å². The highest BCUT2D eigenvalue weighted by Gasteiger charge is 2.22. The van der Waals surface area contributed by atoms with Gasteiger partial charge >= 0.3 is 0 Å². The Kier molecular flexibility index (Phi) is 6.46. The second-order valence-corrected chi connectivity index (χ2v) is 8.62. The number of amides is 1. The number of ether oxygens (including phenoxy) is 1. The van der Waals surface area contributed by atoms with Crippen molar-refractivity contribution in [2.75, 3.05) is 28.3 Å². The lowest BCUT2D eigenvalue weighted by Crippen LogP contribution is -2.27. The molecule has 6 nitrogen and oxygen atoms in total. The van der Waals surface area contributed by atoms with E-state index in [1.807, 2.05) is 0 Å². The lowest BCUT2D eigenvalue weighted by molar-refractivity contribution is 0.0785. The zero-order valence-electron chi connectivity index (χ0n) is 15.4. The molecule has 0 aliphatic rings. The van der Waals surface area contributed by atoms with Crippen LogP contribution >= 0.6 is 11.6 Å². The average Bonchev–Trinajstić information content (AvgIpc) is 2.61. The molecule has 0 bridgehead atoms. The summed E-state index contributed by atoms with van der Waals surface area (Å²) in [5.41, 5.74) is 0.605. The Labute approximate surface area is 163 Å². The quantitative estimate of drug-likeness (QED) is 0.728. The fourth-order valence-electron chi connectivity index (χ4n) is 2.40. The van der Waals surface area contributed by atoms with Gasteiger partial charge in [-0.25, -0.2) is 17.1 Å². The van der Waals surface area contributed by atoms with Crippen molar-refractivity contribution in [3.63, 3.8) is 0 Å². The topological polar surface area (TPSA) is 66.9 Å². The molecule has 0 saturated heterocycles. The largest absolute Gasteiger partial charge is 0.494 e. The first kappa shape index (κ1) is 21.1. The molecule has 0 spiro atoms. The van der Waals surface area contributed by atoms with Gasteiger partial charge in [-0.1, -0.05) is 17.7 Å². The molecule has 2 rings (SSSR count). The third-order valence-electron chi connectivity index (χ3n) is 3.93. The molecular weight excluding hydrogens is 395 g/mol. The summed E-state index contributed by atoms with van der Waals surface area (Å²) in [5.74, 6) is -0.905. The van der Waals surface area contributed by atoms with Crippen molar-refractivity contribution in [3.8, 4) is 5.75 Å². The van der Waals surface area contributed by atoms with Crippen molar-refractivity contribution in [3.05, 3.63) is 58.4 Å². The first-order chi connectivity index (χ1) is 12.6. The lowest BCUT2D eigenvalue weighted by atomic mass is 10.1. The summed E-state index contributed by atoms with van der Waals surface area (Å²) in [6, 6.07) is 8.34. The molecular formula is C18H20ClFN2O4S. The van der Waals surface area contributed by atoms with Crippen molar-refractivity contribution in [2.45, 2.75) is 11.4 Å². The molecule has 0 heterocycles. The summed E-state index contributed by atoms with van der Waals surface area (Å²) in [5, 5.41) is 0.130. The van der Waals surface area contributed by atoms with Crippen LogP contribution in [0.1, 0.15) is 15.9 Å². The Morgan fingerprint density at radius 2 is 1.81 bits per heavy atom. The molecule has 0 aromatic heterocycles. The van der Waals surface area contributed by atoms with Gasteiger partial charge in [0, 0.05) is 27.7 Å². The normalized spacial score (nSPS) is 11.5. The van der Waals surface area contributed by atoms with E-state index in [2.05, 4.69) is 0 Å². The standard InChI is InChI=1S/C18H20ClFN2O4S/c1-21(2)27(24,25)13-6-7-15(19)14(10-13)18(23)22(3)11-12-5-8-17(26-4)16(20)9-12/h5-10H,11H2,1-4H3. The minimum atomic E-state index is -3.71. The molecule has 1 amide bonds. The molecule has 9 heteroatoms. The highest BCUT2D eigenvalue weighted by molar-refractivity contribution is 7.89. The van der Waals surface area contributed by atoms with E-state index in [1.54, 1.807) is 6.07 Å². The lowest BCUT2D eigenvalue weighted by Gasteiger charge is -2.19. The molecule has 0 aliphatic heterocycles. The molecule has 0 radical (unpaired) electrons. The Bertz CT molecular complexity index is 964. The molecule has 0 atom stereocenters. The van der Waals surface area contributed by atoms with Crippen LogP contribution in [-0.4, -0.2) is 51.8 Å². The number of halogens is 2. The second-order valence-electron chi connectivity index (χ2n) is 6.06. The van der Waals surface area contributed by atoms with Gasteiger partial charge in [0.25, 0.3) is 5.91 Å². The van der Waals surface area contributed by atoms with E-state index in [-0.39, 0.29) is 27.8 Å². The van der Waals surface area contributed by atoms with Crippen molar-refractivity contribution >= 4 is 27.5 Å². The predicted octanol–water partition coefficient (Wildman–Crippen LogP) is 3.01. The van der Waals surface area contributed by atoms with Gasteiger partial charge in [0.2, 0.25) is 10.0 Å². The minimum absolute atomic E-state index is 0.0378. The minimum Gasteiger partial charge on any atom is -0.494 e. The number of carbonyl (C=O) groups is 1. The molecule has 0 unspecified atom stereocenters. The van der Waals surface area contributed by atoms with E-state index < -0.39 is 21.7 Å². The summed E-state index contributed by atoms with van der Waals surface area (Å²) in [4.78, 5) is 14.0. The molecule has 27 heavy (non-hydrogen) atoms. The summed E-state index contributed by atoms with van der Waals surface area (Å²) < 4.78 is 44.3. The van der Waals surface area contributed by atoms with Crippen LogP contribution < -0.4 is 4.74 Å². The highest BCUT2D eigenvalue weighted by atomic mass is 35.5. The molecule has 0 fully saturated rings. The predicted molar refractivity (Wildman–Crippen MR) is 101 cm³/mol. The first-order valence-corrected chi connectivity index (χ1v) is 9.69. The monoisotopic (exact) mass is 414 g/mol. The van der Waals surface area contributed by atoms with E-state index >= 15 is 0 Å². The van der Waals surface area contributed by atoms with E-state index in [1.165, 1.54) is 63.5 Å². The van der Waals surface area contributed by atoms with Crippen LogP contribution in [0.3, 0.4) is 0 Å². The van der Waals surface area contributed by atoms with Gasteiger partial charge in [-0.15, -0.1) is 0 Å². The second kappa shape index (κ2) is 8.24. The molecule has 2 aromatic carbocycles. The SMILES string of the molecule is COc1ccc(CN(C)C(=O)c2cc(S(=O)(=O)N(C)C)ccc2Cl)cc1F.